The van der Waals surface area contributed by atoms with E-state index in [0.717, 1.165) is 23.3 Å². The van der Waals surface area contributed by atoms with E-state index in [-0.39, 0.29) is 24.4 Å². The minimum atomic E-state index is -0.378. The number of rotatable bonds is 4. The van der Waals surface area contributed by atoms with Gasteiger partial charge in [-0.25, -0.2) is 4.39 Å². The molecule has 1 aromatic heterocycles. The number of carbonyl (C=O) groups excluding carboxylic acids is 1. The van der Waals surface area contributed by atoms with Crippen molar-refractivity contribution >= 4 is 5.91 Å². The largest absolute Gasteiger partial charge is 0.490 e. The van der Waals surface area contributed by atoms with E-state index in [1.165, 1.54) is 24.3 Å². The molecule has 132 valence electrons. The Morgan fingerprint density at radius 1 is 1.23 bits per heavy atom. The summed E-state index contributed by atoms with van der Waals surface area (Å²) in [7, 11) is 0. The third kappa shape index (κ3) is 3.31. The Labute approximate surface area is 149 Å². The average molecular weight is 352 g/mol. The van der Waals surface area contributed by atoms with Crippen LogP contribution in [0.4, 0.5) is 4.39 Å². The Kier molecular flexibility index (Phi) is 4.16. The topological polar surface area (TPSA) is 64.4 Å². The molecule has 6 heteroatoms. The van der Waals surface area contributed by atoms with Gasteiger partial charge in [0.15, 0.2) is 5.76 Å². The summed E-state index contributed by atoms with van der Waals surface area (Å²) in [6.45, 7) is 2.26. The Bertz CT molecular complexity index is 950. The molecule has 0 radical (unpaired) electrons. The van der Waals surface area contributed by atoms with Gasteiger partial charge in [0.1, 0.15) is 23.4 Å². The van der Waals surface area contributed by atoms with E-state index in [0.29, 0.717) is 17.0 Å². The minimum Gasteiger partial charge on any atom is -0.490 e. The number of nitrogens with zero attached hydrogens (tertiary/aromatic N) is 1. The van der Waals surface area contributed by atoms with Crippen LogP contribution in [0.15, 0.2) is 53.1 Å². The van der Waals surface area contributed by atoms with Crippen LogP contribution in [0.25, 0.3) is 11.3 Å². The van der Waals surface area contributed by atoms with Gasteiger partial charge in [-0.3, -0.25) is 4.79 Å². The third-order valence-electron chi connectivity index (χ3n) is 4.28. The van der Waals surface area contributed by atoms with Gasteiger partial charge in [0.25, 0.3) is 5.91 Å². The number of aromatic nitrogens is 1. The number of benzene rings is 2. The summed E-state index contributed by atoms with van der Waals surface area (Å²) in [4.78, 5) is 12.1. The molecule has 0 aliphatic carbocycles. The molecule has 1 N–H and O–H groups in total. The van der Waals surface area contributed by atoms with E-state index in [4.69, 9.17) is 9.26 Å². The van der Waals surface area contributed by atoms with Gasteiger partial charge in [-0.15, -0.1) is 0 Å². The van der Waals surface area contributed by atoms with Crippen LogP contribution in [0, 0.1) is 5.82 Å². The van der Waals surface area contributed by atoms with Crippen molar-refractivity contribution in [2.75, 3.05) is 0 Å². The molecular weight excluding hydrogens is 335 g/mol. The lowest BCUT2D eigenvalue weighted by Crippen LogP contribution is -2.22. The number of ether oxygens (including phenoxy) is 1. The van der Waals surface area contributed by atoms with Crippen molar-refractivity contribution in [1.29, 1.82) is 0 Å². The van der Waals surface area contributed by atoms with Crippen molar-refractivity contribution in [3.63, 3.8) is 0 Å². The van der Waals surface area contributed by atoms with Crippen LogP contribution < -0.4 is 10.1 Å². The molecule has 0 bridgehead atoms. The summed E-state index contributed by atoms with van der Waals surface area (Å²) in [5.74, 6) is 0.876. The standard InChI is InChI=1S/C20H17FN2O3/c1-12-8-15-9-14(4-7-18(15)25-12)19-10-17(23-26-19)11-22-20(24)13-2-5-16(21)6-3-13/h2-7,9-10,12H,8,11H2,1H3,(H,22,24). The highest BCUT2D eigenvalue weighted by atomic mass is 19.1. The first-order valence-electron chi connectivity index (χ1n) is 8.38. The Hall–Kier alpha value is -3.15. The van der Waals surface area contributed by atoms with Crippen molar-refractivity contribution in [2.24, 2.45) is 0 Å². The number of hydrogen-bond acceptors (Lipinski definition) is 4. The first-order valence-corrected chi connectivity index (χ1v) is 8.38. The molecule has 1 atom stereocenters. The van der Waals surface area contributed by atoms with Crippen LogP contribution in [0.1, 0.15) is 28.5 Å². The molecule has 1 unspecified atom stereocenters. The summed E-state index contributed by atoms with van der Waals surface area (Å²) >= 11 is 0. The van der Waals surface area contributed by atoms with E-state index in [9.17, 15) is 9.18 Å². The smallest absolute Gasteiger partial charge is 0.251 e. The monoisotopic (exact) mass is 352 g/mol. The predicted molar refractivity (Wildman–Crippen MR) is 93.3 cm³/mol. The summed E-state index contributed by atoms with van der Waals surface area (Å²) in [6.07, 6.45) is 1.06. The number of amides is 1. The van der Waals surface area contributed by atoms with Gasteiger partial charge in [-0.05, 0) is 55.0 Å². The molecule has 0 saturated carbocycles. The Morgan fingerprint density at radius 2 is 2.04 bits per heavy atom. The average Bonchev–Trinajstić information content (AvgIpc) is 3.25. The number of fused-ring (bicyclic) bond motifs is 1. The second-order valence-corrected chi connectivity index (χ2v) is 6.33. The fraction of sp³-hybridized carbons (Fsp3) is 0.200. The van der Waals surface area contributed by atoms with Gasteiger partial charge in [0.2, 0.25) is 0 Å². The van der Waals surface area contributed by atoms with Crippen molar-refractivity contribution in [3.05, 3.63) is 71.2 Å². The van der Waals surface area contributed by atoms with Gasteiger partial charge in [-0.2, -0.15) is 0 Å². The van der Waals surface area contributed by atoms with Gasteiger partial charge in [0.05, 0.1) is 6.54 Å². The molecule has 5 nitrogen and oxygen atoms in total. The Balaban J connectivity index is 1.43. The van der Waals surface area contributed by atoms with Crippen molar-refractivity contribution in [2.45, 2.75) is 26.0 Å². The SMILES string of the molecule is CC1Cc2cc(-c3cc(CNC(=O)c4ccc(F)cc4)no3)ccc2O1. The van der Waals surface area contributed by atoms with Crippen molar-refractivity contribution < 1.29 is 18.4 Å². The minimum absolute atomic E-state index is 0.187. The molecule has 2 heterocycles. The molecule has 1 amide bonds. The van der Waals surface area contributed by atoms with Gasteiger partial charge < -0.3 is 14.6 Å². The van der Waals surface area contributed by atoms with E-state index < -0.39 is 0 Å². The second kappa shape index (κ2) is 6.63. The second-order valence-electron chi connectivity index (χ2n) is 6.33. The fourth-order valence-electron chi connectivity index (χ4n) is 2.98. The lowest BCUT2D eigenvalue weighted by atomic mass is 10.1. The van der Waals surface area contributed by atoms with Crippen LogP contribution in [-0.2, 0) is 13.0 Å². The highest BCUT2D eigenvalue weighted by Gasteiger charge is 2.20. The van der Waals surface area contributed by atoms with Crippen molar-refractivity contribution in [3.8, 4) is 17.1 Å². The van der Waals surface area contributed by atoms with Crippen LogP contribution in [0.5, 0.6) is 5.75 Å². The van der Waals surface area contributed by atoms with Crippen LogP contribution in [0.3, 0.4) is 0 Å². The van der Waals surface area contributed by atoms with Crippen LogP contribution in [0.2, 0.25) is 0 Å². The molecule has 26 heavy (non-hydrogen) atoms. The molecule has 1 aliphatic heterocycles. The van der Waals surface area contributed by atoms with E-state index in [2.05, 4.69) is 10.5 Å². The predicted octanol–water partition coefficient (Wildman–Crippen LogP) is 3.73. The fourth-order valence-corrected chi connectivity index (χ4v) is 2.98. The van der Waals surface area contributed by atoms with Gasteiger partial charge in [-0.1, -0.05) is 5.16 Å². The van der Waals surface area contributed by atoms with E-state index >= 15 is 0 Å². The van der Waals surface area contributed by atoms with E-state index in [1.54, 1.807) is 6.07 Å². The van der Waals surface area contributed by atoms with Gasteiger partial charge >= 0.3 is 0 Å². The molecule has 2 aromatic carbocycles. The zero-order chi connectivity index (χ0) is 18.1. The molecule has 0 spiro atoms. The maximum absolute atomic E-state index is 12.9. The molecule has 0 saturated heterocycles. The Morgan fingerprint density at radius 3 is 2.85 bits per heavy atom. The quantitative estimate of drug-likeness (QED) is 0.777. The first kappa shape index (κ1) is 16.3. The molecular formula is C20H17FN2O3. The molecule has 1 aliphatic rings. The summed E-state index contributed by atoms with van der Waals surface area (Å²) in [6, 6.07) is 13.1. The zero-order valence-corrected chi connectivity index (χ0v) is 14.2. The zero-order valence-electron chi connectivity index (χ0n) is 14.2. The van der Waals surface area contributed by atoms with Crippen LogP contribution in [-0.4, -0.2) is 17.2 Å². The number of carbonyl (C=O) groups is 1. The first-order chi connectivity index (χ1) is 12.6. The van der Waals surface area contributed by atoms with Crippen molar-refractivity contribution in [1.82, 2.24) is 10.5 Å². The highest BCUT2D eigenvalue weighted by molar-refractivity contribution is 5.94. The maximum Gasteiger partial charge on any atom is 0.251 e. The molecule has 4 rings (SSSR count). The number of halogens is 1. The summed E-state index contributed by atoms with van der Waals surface area (Å²) in [5, 5.41) is 6.74. The van der Waals surface area contributed by atoms with Gasteiger partial charge in [0, 0.05) is 23.6 Å². The highest BCUT2D eigenvalue weighted by Crippen LogP contribution is 2.33. The van der Waals surface area contributed by atoms with Crippen LogP contribution >= 0.6 is 0 Å². The number of hydrogen-bond donors (Lipinski definition) is 1. The maximum atomic E-state index is 12.9. The summed E-state index contributed by atoms with van der Waals surface area (Å²) < 4.78 is 24.0. The normalized spacial score (nSPS) is 15.4. The lowest BCUT2D eigenvalue weighted by molar-refractivity contribution is 0.0950. The molecule has 3 aromatic rings. The lowest BCUT2D eigenvalue weighted by Gasteiger charge is -2.02. The third-order valence-corrected chi connectivity index (χ3v) is 4.28. The van der Waals surface area contributed by atoms with E-state index in [1.807, 2.05) is 25.1 Å². The number of nitrogens with one attached hydrogen (secondary N) is 1. The summed E-state index contributed by atoms with van der Waals surface area (Å²) in [5.41, 5.74) is 3.08. The molecule has 0 fully saturated rings.